The Balaban J connectivity index is 2.36. The molecule has 0 spiro atoms. The van der Waals surface area contributed by atoms with Gasteiger partial charge in [0, 0.05) is 16.7 Å². The van der Waals surface area contributed by atoms with E-state index in [1.54, 1.807) is 0 Å². The Hall–Kier alpha value is -1.49. The highest BCUT2D eigenvalue weighted by Crippen LogP contribution is 2.28. The van der Waals surface area contributed by atoms with Crippen LogP contribution in [0.3, 0.4) is 0 Å². The number of aryl methyl sites for hydroxylation is 3. The number of hydrogen-bond donors (Lipinski definition) is 2. The molecule has 0 radical (unpaired) electrons. The molecule has 0 aliphatic carbocycles. The Morgan fingerprint density at radius 3 is 2.68 bits per heavy atom. The van der Waals surface area contributed by atoms with Crippen LogP contribution in [0.4, 0.5) is 17.2 Å². The van der Waals surface area contributed by atoms with Crippen LogP contribution in [0.5, 0.6) is 0 Å². The molecule has 5 heteroatoms. The SMILES string of the molecule is CCCn1nc(C)c(N)c1Nc1cc(C)cc(Br)c1. The zero-order valence-electron chi connectivity index (χ0n) is 11.5. The van der Waals surface area contributed by atoms with E-state index in [9.17, 15) is 0 Å². The quantitative estimate of drug-likeness (QED) is 0.894. The van der Waals surface area contributed by atoms with Gasteiger partial charge in [0.05, 0.1) is 11.4 Å². The predicted molar refractivity (Wildman–Crippen MR) is 83.8 cm³/mol. The van der Waals surface area contributed by atoms with Gasteiger partial charge < -0.3 is 11.1 Å². The summed E-state index contributed by atoms with van der Waals surface area (Å²) in [6, 6.07) is 6.19. The number of nitrogens with zero attached hydrogens (tertiary/aromatic N) is 2. The lowest BCUT2D eigenvalue weighted by molar-refractivity contribution is 0.605. The average Bonchev–Trinajstić information content (AvgIpc) is 2.56. The molecule has 102 valence electrons. The highest BCUT2D eigenvalue weighted by Gasteiger charge is 2.12. The fraction of sp³-hybridized carbons (Fsp3) is 0.357. The molecule has 0 unspecified atom stereocenters. The maximum Gasteiger partial charge on any atom is 0.152 e. The second-order valence-electron chi connectivity index (χ2n) is 4.71. The number of rotatable bonds is 4. The van der Waals surface area contributed by atoms with Crippen LogP contribution in [0.15, 0.2) is 22.7 Å². The third-order valence-corrected chi connectivity index (χ3v) is 3.37. The van der Waals surface area contributed by atoms with Gasteiger partial charge in [-0.2, -0.15) is 5.10 Å². The number of nitrogens with two attached hydrogens (primary N) is 1. The fourth-order valence-corrected chi connectivity index (χ4v) is 2.65. The van der Waals surface area contributed by atoms with Crippen molar-refractivity contribution in [2.45, 2.75) is 33.7 Å². The first-order chi connectivity index (χ1) is 9.01. The topological polar surface area (TPSA) is 55.9 Å². The minimum Gasteiger partial charge on any atom is -0.394 e. The van der Waals surface area contributed by atoms with Crippen LogP contribution in [-0.4, -0.2) is 9.78 Å². The number of halogens is 1. The van der Waals surface area contributed by atoms with E-state index >= 15 is 0 Å². The summed E-state index contributed by atoms with van der Waals surface area (Å²) in [7, 11) is 0. The molecule has 0 atom stereocenters. The summed E-state index contributed by atoms with van der Waals surface area (Å²) in [4.78, 5) is 0. The van der Waals surface area contributed by atoms with Gasteiger partial charge in [-0.15, -0.1) is 0 Å². The largest absolute Gasteiger partial charge is 0.394 e. The van der Waals surface area contributed by atoms with E-state index < -0.39 is 0 Å². The molecule has 0 saturated carbocycles. The molecule has 3 N–H and O–H groups in total. The van der Waals surface area contributed by atoms with Crippen LogP contribution in [0.1, 0.15) is 24.6 Å². The first kappa shape index (κ1) is 13.9. The normalized spacial score (nSPS) is 10.7. The predicted octanol–water partition coefficient (Wildman–Crippen LogP) is 4.00. The first-order valence-electron chi connectivity index (χ1n) is 6.38. The van der Waals surface area contributed by atoms with Gasteiger partial charge in [0.2, 0.25) is 0 Å². The number of anilines is 3. The maximum absolute atomic E-state index is 6.10. The van der Waals surface area contributed by atoms with Crippen LogP contribution < -0.4 is 11.1 Å². The van der Waals surface area contributed by atoms with Crippen molar-refractivity contribution in [3.63, 3.8) is 0 Å². The molecule has 0 aliphatic rings. The fourth-order valence-electron chi connectivity index (χ4n) is 2.05. The second kappa shape index (κ2) is 5.65. The van der Waals surface area contributed by atoms with Gasteiger partial charge in [0.15, 0.2) is 5.82 Å². The molecule has 0 saturated heterocycles. The third-order valence-electron chi connectivity index (χ3n) is 2.91. The first-order valence-corrected chi connectivity index (χ1v) is 7.17. The van der Waals surface area contributed by atoms with Gasteiger partial charge in [-0.25, -0.2) is 4.68 Å². The summed E-state index contributed by atoms with van der Waals surface area (Å²) < 4.78 is 2.98. The number of hydrogen-bond acceptors (Lipinski definition) is 3. The standard InChI is InChI=1S/C14H19BrN4/c1-4-5-19-14(13(16)10(3)18-19)17-12-7-9(2)6-11(15)8-12/h6-8,17H,4-5,16H2,1-3H3. The summed E-state index contributed by atoms with van der Waals surface area (Å²) in [6.07, 6.45) is 1.02. The molecule has 2 aromatic rings. The van der Waals surface area contributed by atoms with Crippen LogP contribution in [0, 0.1) is 13.8 Å². The van der Waals surface area contributed by atoms with Gasteiger partial charge in [-0.1, -0.05) is 22.9 Å². The smallest absolute Gasteiger partial charge is 0.152 e. The summed E-state index contributed by atoms with van der Waals surface area (Å²) in [6.45, 7) is 6.97. The van der Waals surface area contributed by atoms with Crippen molar-refractivity contribution in [1.82, 2.24) is 9.78 Å². The molecule has 2 rings (SSSR count). The van der Waals surface area contributed by atoms with E-state index in [-0.39, 0.29) is 0 Å². The minimum atomic E-state index is 0.714. The Labute approximate surface area is 122 Å². The van der Waals surface area contributed by atoms with Crippen molar-refractivity contribution in [3.05, 3.63) is 33.9 Å². The molecule has 4 nitrogen and oxygen atoms in total. The number of aromatic nitrogens is 2. The molecular weight excluding hydrogens is 304 g/mol. The van der Waals surface area contributed by atoms with E-state index in [2.05, 4.69) is 52.3 Å². The second-order valence-corrected chi connectivity index (χ2v) is 5.63. The zero-order valence-corrected chi connectivity index (χ0v) is 13.1. The van der Waals surface area contributed by atoms with E-state index in [0.717, 1.165) is 34.6 Å². The summed E-state index contributed by atoms with van der Waals surface area (Å²) in [5.74, 6) is 0.872. The lowest BCUT2D eigenvalue weighted by Gasteiger charge is -2.11. The van der Waals surface area contributed by atoms with Gasteiger partial charge in [0.1, 0.15) is 0 Å². The highest BCUT2D eigenvalue weighted by atomic mass is 79.9. The lowest BCUT2D eigenvalue weighted by Crippen LogP contribution is -2.05. The maximum atomic E-state index is 6.10. The van der Waals surface area contributed by atoms with Crippen molar-refractivity contribution < 1.29 is 0 Å². The van der Waals surface area contributed by atoms with Crippen molar-refractivity contribution >= 4 is 33.1 Å². The van der Waals surface area contributed by atoms with Crippen LogP contribution in [0.2, 0.25) is 0 Å². The molecular formula is C14H19BrN4. The van der Waals surface area contributed by atoms with Crippen LogP contribution in [0.25, 0.3) is 0 Å². The molecule has 19 heavy (non-hydrogen) atoms. The monoisotopic (exact) mass is 322 g/mol. The minimum absolute atomic E-state index is 0.714. The third kappa shape index (κ3) is 3.10. The number of benzene rings is 1. The van der Waals surface area contributed by atoms with Gasteiger partial charge in [-0.05, 0) is 44.0 Å². The van der Waals surface area contributed by atoms with Crippen molar-refractivity contribution in [2.75, 3.05) is 11.1 Å². The van der Waals surface area contributed by atoms with Crippen LogP contribution >= 0.6 is 15.9 Å². The number of nitrogens with one attached hydrogen (secondary N) is 1. The van der Waals surface area contributed by atoms with E-state index in [0.29, 0.717) is 5.69 Å². The Kier molecular flexibility index (Phi) is 4.14. The van der Waals surface area contributed by atoms with Gasteiger partial charge >= 0.3 is 0 Å². The highest BCUT2D eigenvalue weighted by molar-refractivity contribution is 9.10. The molecule has 0 fully saturated rings. The Bertz CT molecular complexity index is 569. The molecule has 1 aromatic heterocycles. The molecule has 0 bridgehead atoms. The molecule has 0 aliphatic heterocycles. The summed E-state index contributed by atoms with van der Waals surface area (Å²) in [5, 5.41) is 7.83. The van der Waals surface area contributed by atoms with Crippen molar-refractivity contribution in [3.8, 4) is 0 Å². The summed E-state index contributed by atoms with van der Waals surface area (Å²) in [5.41, 5.74) is 9.88. The average molecular weight is 323 g/mol. The Morgan fingerprint density at radius 1 is 1.32 bits per heavy atom. The van der Waals surface area contributed by atoms with Gasteiger partial charge in [0.25, 0.3) is 0 Å². The Morgan fingerprint density at radius 2 is 2.05 bits per heavy atom. The summed E-state index contributed by atoms with van der Waals surface area (Å²) >= 11 is 3.51. The van der Waals surface area contributed by atoms with E-state index in [1.165, 1.54) is 5.56 Å². The van der Waals surface area contributed by atoms with E-state index in [1.807, 2.05) is 17.7 Å². The zero-order chi connectivity index (χ0) is 14.0. The lowest BCUT2D eigenvalue weighted by atomic mass is 10.2. The van der Waals surface area contributed by atoms with Crippen molar-refractivity contribution in [1.29, 1.82) is 0 Å². The van der Waals surface area contributed by atoms with Crippen molar-refractivity contribution in [2.24, 2.45) is 0 Å². The number of nitrogen functional groups attached to an aromatic ring is 1. The molecule has 1 heterocycles. The van der Waals surface area contributed by atoms with Gasteiger partial charge in [-0.3, -0.25) is 0 Å². The van der Waals surface area contributed by atoms with E-state index in [4.69, 9.17) is 5.73 Å². The molecule has 1 aromatic carbocycles. The van der Waals surface area contributed by atoms with Crippen LogP contribution in [-0.2, 0) is 6.54 Å². The molecule has 0 amide bonds.